The van der Waals surface area contributed by atoms with E-state index < -0.39 is 6.10 Å². The van der Waals surface area contributed by atoms with Crippen LogP contribution < -0.4 is 0 Å². The van der Waals surface area contributed by atoms with Gasteiger partial charge in [-0.15, -0.1) is 6.58 Å². The lowest BCUT2D eigenvalue weighted by Gasteiger charge is -2.04. The van der Waals surface area contributed by atoms with Gasteiger partial charge in [0.15, 0.2) is 0 Å². The van der Waals surface area contributed by atoms with Crippen molar-refractivity contribution in [3.05, 3.63) is 12.7 Å². The highest BCUT2D eigenvalue weighted by molar-refractivity contribution is 4.77. The zero-order valence-electron chi connectivity index (χ0n) is 6.25. The first-order valence-electron chi connectivity index (χ1n) is 3.18. The fourth-order valence-corrected chi connectivity index (χ4v) is 0.464. The average Bonchev–Trinajstić information content (AvgIpc) is 1.98. The maximum atomic E-state index is 8.92. The van der Waals surface area contributed by atoms with E-state index >= 15 is 0 Å². The Balaban J connectivity index is 2.95. The largest absolute Gasteiger partial charge is 0.389 e. The highest BCUT2D eigenvalue weighted by Gasteiger charge is 1.95. The topological polar surface area (TPSA) is 38.7 Å². The monoisotopic (exact) mass is 146 g/mol. The molecule has 3 heteroatoms. The molecular formula is C7H14O3. The molecule has 0 fully saturated rings. The fraction of sp³-hybridized carbons (Fsp3) is 0.714. The van der Waals surface area contributed by atoms with Crippen molar-refractivity contribution in [2.24, 2.45) is 0 Å². The minimum absolute atomic E-state index is 0.282. The number of hydrogen-bond acceptors (Lipinski definition) is 3. The van der Waals surface area contributed by atoms with Crippen LogP contribution in [-0.2, 0) is 9.47 Å². The Kier molecular flexibility index (Phi) is 6.48. The molecule has 3 nitrogen and oxygen atoms in total. The number of aliphatic hydroxyl groups is 1. The van der Waals surface area contributed by atoms with Crippen molar-refractivity contribution < 1.29 is 14.6 Å². The van der Waals surface area contributed by atoms with Crippen molar-refractivity contribution in [2.75, 3.05) is 20.5 Å². The number of ether oxygens (including phenoxy) is 2. The van der Waals surface area contributed by atoms with Crippen LogP contribution in [0.1, 0.15) is 6.42 Å². The first-order chi connectivity index (χ1) is 4.81. The Morgan fingerprint density at radius 3 is 2.90 bits per heavy atom. The van der Waals surface area contributed by atoms with E-state index in [1.165, 1.54) is 6.08 Å². The van der Waals surface area contributed by atoms with Gasteiger partial charge in [0.05, 0.1) is 12.7 Å². The molecule has 0 aliphatic heterocycles. The summed E-state index contributed by atoms with van der Waals surface area (Å²) in [6.07, 6.45) is 1.60. The maximum Gasteiger partial charge on any atom is 0.146 e. The molecule has 0 radical (unpaired) electrons. The molecule has 10 heavy (non-hydrogen) atoms. The van der Waals surface area contributed by atoms with E-state index in [2.05, 4.69) is 11.3 Å². The first kappa shape index (κ1) is 9.62. The smallest absolute Gasteiger partial charge is 0.146 e. The minimum Gasteiger partial charge on any atom is -0.389 e. The average molecular weight is 146 g/mol. The molecule has 0 aliphatic carbocycles. The molecule has 0 heterocycles. The van der Waals surface area contributed by atoms with E-state index in [1.807, 2.05) is 0 Å². The summed E-state index contributed by atoms with van der Waals surface area (Å²) in [5, 5.41) is 8.92. The third-order valence-corrected chi connectivity index (χ3v) is 1.03. The second kappa shape index (κ2) is 6.74. The normalized spacial score (nSPS) is 13.0. The zero-order chi connectivity index (χ0) is 7.82. The van der Waals surface area contributed by atoms with Crippen LogP contribution in [0.4, 0.5) is 0 Å². The van der Waals surface area contributed by atoms with Crippen molar-refractivity contribution in [1.82, 2.24) is 0 Å². The van der Waals surface area contributed by atoms with Gasteiger partial charge in [-0.1, -0.05) is 6.08 Å². The predicted molar refractivity (Wildman–Crippen MR) is 38.6 cm³/mol. The van der Waals surface area contributed by atoms with Crippen LogP contribution in [0.2, 0.25) is 0 Å². The number of aliphatic hydroxyl groups excluding tert-OH is 1. The van der Waals surface area contributed by atoms with Crippen molar-refractivity contribution in [3.63, 3.8) is 0 Å². The number of methoxy groups -OCH3 is 1. The number of rotatable bonds is 6. The fourth-order valence-electron chi connectivity index (χ4n) is 0.464. The van der Waals surface area contributed by atoms with Gasteiger partial charge < -0.3 is 14.6 Å². The minimum atomic E-state index is -0.461. The molecule has 0 amide bonds. The van der Waals surface area contributed by atoms with Crippen molar-refractivity contribution >= 4 is 0 Å². The second-order valence-corrected chi connectivity index (χ2v) is 1.91. The van der Waals surface area contributed by atoms with Crippen LogP contribution >= 0.6 is 0 Å². The van der Waals surface area contributed by atoms with E-state index in [-0.39, 0.29) is 6.79 Å². The molecule has 60 valence electrons. The third-order valence-electron chi connectivity index (χ3n) is 1.03. The molecule has 0 aromatic rings. The highest BCUT2D eigenvalue weighted by Crippen LogP contribution is 1.92. The lowest BCUT2D eigenvalue weighted by molar-refractivity contribution is -0.0370. The summed E-state index contributed by atoms with van der Waals surface area (Å²) in [7, 11) is 1.56. The van der Waals surface area contributed by atoms with Crippen LogP contribution in [-0.4, -0.2) is 31.7 Å². The van der Waals surface area contributed by atoms with Gasteiger partial charge in [-0.2, -0.15) is 0 Å². The molecule has 1 atom stereocenters. The first-order valence-corrected chi connectivity index (χ1v) is 3.18. The lowest BCUT2D eigenvalue weighted by Crippen LogP contribution is -2.07. The quantitative estimate of drug-likeness (QED) is 0.338. The van der Waals surface area contributed by atoms with Gasteiger partial charge in [-0.3, -0.25) is 0 Å². The molecule has 1 unspecified atom stereocenters. The van der Waals surface area contributed by atoms with Crippen molar-refractivity contribution in [1.29, 1.82) is 0 Å². The summed E-state index contributed by atoms with van der Waals surface area (Å²) >= 11 is 0. The van der Waals surface area contributed by atoms with Gasteiger partial charge in [-0.05, 0) is 0 Å². The lowest BCUT2D eigenvalue weighted by atomic mass is 10.3. The second-order valence-electron chi connectivity index (χ2n) is 1.91. The van der Waals surface area contributed by atoms with Crippen LogP contribution in [0.5, 0.6) is 0 Å². The number of hydrogen-bond donors (Lipinski definition) is 1. The Morgan fingerprint density at radius 2 is 2.40 bits per heavy atom. The third kappa shape index (κ3) is 5.75. The van der Waals surface area contributed by atoms with Gasteiger partial charge in [-0.25, -0.2) is 0 Å². The molecule has 0 aliphatic rings. The Labute approximate surface area is 61.3 Å². The van der Waals surface area contributed by atoms with Gasteiger partial charge in [0.2, 0.25) is 0 Å². The molecule has 0 bridgehead atoms. The highest BCUT2D eigenvalue weighted by atomic mass is 16.7. The van der Waals surface area contributed by atoms with Crippen molar-refractivity contribution in [3.8, 4) is 0 Å². The molecule has 1 N–H and O–H groups in total. The predicted octanol–water partition coefficient (Wildman–Crippen LogP) is 0.544. The van der Waals surface area contributed by atoms with E-state index in [0.29, 0.717) is 13.0 Å². The summed E-state index contributed by atoms with van der Waals surface area (Å²) in [6, 6.07) is 0. The van der Waals surface area contributed by atoms with Crippen molar-refractivity contribution in [2.45, 2.75) is 12.5 Å². The summed E-state index contributed by atoms with van der Waals surface area (Å²) in [5.74, 6) is 0. The molecule has 0 saturated carbocycles. The van der Waals surface area contributed by atoms with Gasteiger partial charge >= 0.3 is 0 Å². The van der Waals surface area contributed by atoms with Crippen LogP contribution in [0, 0.1) is 0 Å². The zero-order valence-corrected chi connectivity index (χ0v) is 6.25. The molecule has 0 aromatic carbocycles. The van der Waals surface area contributed by atoms with Gasteiger partial charge in [0.1, 0.15) is 6.79 Å². The van der Waals surface area contributed by atoms with E-state index in [4.69, 9.17) is 9.84 Å². The van der Waals surface area contributed by atoms with Gasteiger partial charge in [0.25, 0.3) is 0 Å². The Morgan fingerprint density at radius 1 is 1.70 bits per heavy atom. The van der Waals surface area contributed by atoms with Crippen LogP contribution in [0.15, 0.2) is 12.7 Å². The standard InChI is InChI=1S/C7H14O3/c1-3-7(8)4-5-10-6-9-2/h3,7-8H,1,4-6H2,2H3. The summed E-state index contributed by atoms with van der Waals surface area (Å²) in [4.78, 5) is 0. The summed E-state index contributed by atoms with van der Waals surface area (Å²) < 4.78 is 9.55. The molecule has 0 aromatic heterocycles. The molecular weight excluding hydrogens is 132 g/mol. The molecule has 0 rings (SSSR count). The molecule has 0 spiro atoms. The van der Waals surface area contributed by atoms with E-state index in [1.54, 1.807) is 7.11 Å². The van der Waals surface area contributed by atoms with E-state index in [9.17, 15) is 0 Å². The molecule has 0 saturated heterocycles. The SMILES string of the molecule is C=CC(O)CCOCOC. The van der Waals surface area contributed by atoms with E-state index in [0.717, 1.165) is 0 Å². The Bertz CT molecular complexity index is 82.9. The van der Waals surface area contributed by atoms with Gasteiger partial charge in [0, 0.05) is 13.5 Å². The summed E-state index contributed by atoms with van der Waals surface area (Å²) in [6.45, 7) is 4.21. The maximum absolute atomic E-state index is 8.92. The van der Waals surface area contributed by atoms with Crippen LogP contribution in [0.3, 0.4) is 0 Å². The Hall–Kier alpha value is -0.380. The van der Waals surface area contributed by atoms with Crippen LogP contribution in [0.25, 0.3) is 0 Å². The summed E-state index contributed by atoms with van der Waals surface area (Å²) in [5.41, 5.74) is 0.